The van der Waals surface area contributed by atoms with Crippen LogP contribution in [0.25, 0.3) is 0 Å². The third kappa shape index (κ3) is 2.67. The van der Waals surface area contributed by atoms with Crippen molar-refractivity contribution in [3.05, 3.63) is 29.8 Å². The molecule has 0 radical (unpaired) electrons. The predicted molar refractivity (Wildman–Crippen MR) is 74.5 cm³/mol. The molecule has 18 heavy (non-hydrogen) atoms. The number of hydrogen-bond acceptors (Lipinski definition) is 4. The second-order valence-electron chi connectivity index (χ2n) is 5.00. The van der Waals surface area contributed by atoms with Crippen molar-refractivity contribution in [2.75, 3.05) is 23.0 Å². The minimum absolute atomic E-state index is 0.00338. The van der Waals surface area contributed by atoms with Crippen LogP contribution < -0.4 is 10.6 Å². The molecule has 1 aliphatic rings. The summed E-state index contributed by atoms with van der Waals surface area (Å²) >= 11 is 0. The molecule has 2 rings (SSSR count). The molecule has 0 aromatic heterocycles. The largest absolute Gasteiger partial charge is 0.367 e. The van der Waals surface area contributed by atoms with E-state index in [-0.39, 0.29) is 23.6 Å². The van der Waals surface area contributed by atoms with Gasteiger partial charge in [0.1, 0.15) is 0 Å². The summed E-state index contributed by atoms with van der Waals surface area (Å²) in [4.78, 5) is 2.15. The van der Waals surface area contributed by atoms with Gasteiger partial charge in [-0.25, -0.2) is 8.42 Å². The number of para-hydroxylation sites is 1. The quantitative estimate of drug-likeness (QED) is 0.879. The Morgan fingerprint density at radius 1 is 1.39 bits per heavy atom. The van der Waals surface area contributed by atoms with Crippen molar-refractivity contribution in [1.82, 2.24) is 0 Å². The van der Waals surface area contributed by atoms with Crippen LogP contribution in [0, 0.1) is 0 Å². The predicted octanol–water partition coefficient (Wildman–Crippen LogP) is 1.33. The SMILES string of the molecule is CC1CS(=O)(=O)CCN1c1ccccc1[C@@H](C)N. The first-order valence-corrected chi connectivity index (χ1v) is 8.04. The maximum absolute atomic E-state index is 11.6. The molecule has 1 aliphatic heterocycles. The van der Waals surface area contributed by atoms with Gasteiger partial charge in [0.15, 0.2) is 9.84 Å². The molecule has 1 saturated heterocycles. The van der Waals surface area contributed by atoms with Crippen LogP contribution in [0.4, 0.5) is 5.69 Å². The fraction of sp³-hybridized carbons (Fsp3) is 0.538. The normalized spacial score (nSPS) is 24.8. The van der Waals surface area contributed by atoms with Gasteiger partial charge >= 0.3 is 0 Å². The Morgan fingerprint density at radius 3 is 2.67 bits per heavy atom. The highest BCUT2D eigenvalue weighted by molar-refractivity contribution is 7.91. The Kier molecular flexibility index (Phi) is 3.64. The summed E-state index contributed by atoms with van der Waals surface area (Å²) < 4.78 is 23.2. The van der Waals surface area contributed by atoms with Crippen LogP contribution in [0.3, 0.4) is 0 Å². The molecule has 1 fully saturated rings. The fourth-order valence-electron chi connectivity index (χ4n) is 2.49. The average Bonchev–Trinajstić information content (AvgIpc) is 2.28. The standard InChI is InChI=1S/C13H20N2O2S/c1-10-9-18(16,17)8-7-15(10)13-6-4-3-5-12(13)11(2)14/h3-6,10-11H,7-9,14H2,1-2H3/t10?,11-/m1/s1. The number of hydrogen-bond donors (Lipinski definition) is 1. The maximum atomic E-state index is 11.6. The minimum Gasteiger partial charge on any atom is -0.367 e. The molecule has 2 N–H and O–H groups in total. The van der Waals surface area contributed by atoms with E-state index in [4.69, 9.17) is 5.73 Å². The zero-order chi connectivity index (χ0) is 13.3. The third-order valence-electron chi connectivity index (χ3n) is 3.41. The van der Waals surface area contributed by atoms with E-state index in [2.05, 4.69) is 4.90 Å². The summed E-state index contributed by atoms with van der Waals surface area (Å²) in [6, 6.07) is 7.92. The van der Waals surface area contributed by atoms with E-state index in [0.29, 0.717) is 6.54 Å². The molecule has 100 valence electrons. The molecule has 0 spiro atoms. The third-order valence-corrected chi connectivity index (χ3v) is 5.20. The number of nitrogens with zero attached hydrogens (tertiary/aromatic N) is 1. The summed E-state index contributed by atoms with van der Waals surface area (Å²) in [5, 5.41) is 0. The molecule has 1 heterocycles. The van der Waals surface area contributed by atoms with Crippen molar-refractivity contribution in [1.29, 1.82) is 0 Å². The number of nitrogens with two attached hydrogens (primary N) is 1. The number of benzene rings is 1. The molecule has 0 bridgehead atoms. The zero-order valence-corrected chi connectivity index (χ0v) is 11.7. The topological polar surface area (TPSA) is 63.4 Å². The van der Waals surface area contributed by atoms with Gasteiger partial charge in [-0.15, -0.1) is 0 Å². The summed E-state index contributed by atoms with van der Waals surface area (Å²) in [5.41, 5.74) is 8.11. The van der Waals surface area contributed by atoms with Crippen LogP contribution in [-0.4, -0.2) is 32.5 Å². The van der Waals surface area contributed by atoms with Crippen molar-refractivity contribution in [3.8, 4) is 0 Å². The molecule has 1 unspecified atom stereocenters. The summed E-state index contributed by atoms with van der Waals surface area (Å²) in [6.45, 7) is 4.45. The van der Waals surface area contributed by atoms with E-state index in [0.717, 1.165) is 11.3 Å². The lowest BCUT2D eigenvalue weighted by atomic mass is 10.0. The lowest BCUT2D eigenvalue weighted by Crippen LogP contribution is -2.47. The first-order chi connectivity index (χ1) is 8.41. The van der Waals surface area contributed by atoms with E-state index < -0.39 is 9.84 Å². The fourth-order valence-corrected chi connectivity index (χ4v) is 4.05. The van der Waals surface area contributed by atoms with Gasteiger partial charge in [-0.2, -0.15) is 0 Å². The molecule has 4 nitrogen and oxygen atoms in total. The lowest BCUT2D eigenvalue weighted by Gasteiger charge is -2.36. The minimum atomic E-state index is -2.88. The van der Waals surface area contributed by atoms with Crippen LogP contribution in [0.5, 0.6) is 0 Å². The van der Waals surface area contributed by atoms with E-state index in [1.807, 2.05) is 38.1 Å². The molecular formula is C13H20N2O2S. The van der Waals surface area contributed by atoms with Crippen LogP contribution in [0.2, 0.25) is 0 Å². The molecule has 5 heteroatoms. The van der Waals surface area contributed by atoms with Crippen LogP contribution in [0.1, 0.15) is 25.5 Å². The molecule has 0 amide bonds. The smallest absolute Gasteiger partial charge is 0.154 e. The highest BCUT2D eigenvalue weighted by Crippen LogP contribution is 2.28. The Labute approximate surface area is 109 Å². The Hall–Kier alpha value is -1.07. The molecular weight excluding hydrogens is 248 g/mol. The van der Waals surface area contributed by atoms with Crippen molar-refractivity contribution in [3.63, 3.8) is 0 Å². The Balaban J connectivity index is 2.33. The first kappa shape index (κ1) is 13.4. The van der Waals surface area contributed by atoms with E-state index in [9.17, 15) is 8.42 Å². The van der Waals surface area contributed by atoms with Crippen molar-refractivity contribution in [2.24, 2.45) is 5.73 Å². The first-order valence-electron chi connectivity index (χ1n) is 6.22. The van der Waals surface area contributed by atoms with E-state index in [1.165, 1.54) is 0 Å². The van der Waals surface area contributed by atoms with Gasteiger partial charge in [0.2, 0.25) is 0 Å². The number of sulfone groups is 1. The highest BCUT2D eigenvalue weighted by atomic mass is 32.2. The van der Waals surface area contributed by atoms with Gasteiger partial charge in [-0.3, -0.25) is 0 Å². The molecule has 1 aromatic rings. The number of anilines is 1. The van der Waals surface area contributed by atoms with Gasteiger partial charge < -0.3 is 10.6 Å². The second-order valence-corrected chi connectivity index (χ2v) is 7.23. The second kappa shape index (κ2) is 4.90. The average molecular weight is 268 g/mol. The van der Waals surface area contributed by atoms with Gasteiger partial charge in [0.05, 0.1) is 11.5 Å². The lowest BCUT2D eigenvalue weighted by molar-refractivity contribution is 0.567. The monoisotopic (exact) mass is 268 g/mol. The Morgan fingerprint density at radius 2 is 2.06 bits per heavy atom. The van der Waals surface area contributed by atoms with Crippen molar-refractivity contribution in [2.45, 2.75) is 25.9 Å². The zero-order valence-electron chi connectivity index (χ0n) is 10.8. The van der Waals surface area contributed by atoms with Crippen molar-refractivity contribution < 1.29 is 8.42 Å². The number of rotatable bonds is 2. The van der Waals surface area contributed by atoms with Crippen LogP contribution in [0.15, 0.2) is 24.3 Å². The van der Waals surface area contributed by atoms with E-state index in [1.54, 1.807) is 0 Å². The maximum Gasteiger partial charge on any atom is 0.154 e. The van der Waals surface area contributed by atoms with Crippen molar-refractivity contribution >= 4 is 15.5 Å². The van der Waals surface area contributed by atoms with Gasteiger partial charge in [0.25, 0.3) is 0 Å². The molecule has 0 aliphatic carbocycles. The molecule has 2 atom stereocenters. The molecule has 1 aromatic carbocycles. The highest BCUT2D eigenvalue weighted by Gasteiger charge is 2.29. The Bertz CT molecular complexity index is 526. The van der Waals surface area contributed by atoms with Crippen LogP contribution in [-0.2, 0) is 9.84 Å². The van der Waals surface area contributed by atoms with Gasteiger partial charge in [-0.1, -0.05) is 18.2 Å². The van der Waals surface area contributed by atoms with Crippen LogP contribution >= 0.6 is 0 Å². The van der Waals surface area contributed by atoms with Gasteiger partial charge in [-0.05, 0) is 25.5 Å². The summed E-state index contributed by atoms with van der Waals surface area (Å²) in [7, 11) is -2.88. The van der Waals surface area contributed by atoms with E-state index >= 15 is 0 Å². The van der Waals surface area contributed by atoms with Gasteiger partial charge in [0, 0.05) is 24.3 Å². The molecule has 0 saturated carbocycles. The summed E-state index contributed by atoms with van der Waals surface area (Å²) in [6.07, 6.45) is 0. The summed E-state index contributed by atoms with van der Waals surface area (Å²) in [5.74, 6) is 0.449.